The Morgan fingerprint density at radius 1 is 1.17 bits per heavy atom. The Hall–Kier alpha value is -1.94. The summed E-state index contributed by atoms with van der Waals surface area (Å²) in [6.07, 6.45) is 1.96. The highest BCUT2D eigenvalue weighted by Crippen LogP contribution is 2.22. The number of rotatable bonds is 4. The maximum Gasteiger partial charge on any atom is 0.244 e. The van der Waals surface area contributed by atoms with Crippen LogP contribution in [-0.2, 0) is 16.6 Å². The van der Waals surface area contributed by atoms with Gasteiger partial charge in [-0.2, -0.15) is 5.10 Å². The lowest BCUT2D eigenvalue weighted by molar-refractivity contribution is -0.120. The molecule has 0 saturated heterocycles. The van der Waals surface area contributed by atoms with Gasteiger partial charge in [0, 0.05) is 4.47 Å². The van der Waals surface area contributed by atoms with Crippen LogP contribution in [0.2, 0.25) is 0 Å². The Morgan fingerprint density at radius 2 is 1.83 bits per heavy atom. The standard InChI is InChI=1S/C20H23BrN2O/c1-14-5-6-16(11-18(14)21)13-22-23-19(24)12-15-7-9-17(10-8-15)20(2,3)4/h5-11,13H,12H2,1-4H3,(H,23,24)/b22-13-. The largest absolute Gasteiger partial charge is 0.273 e. The van der Waals surface area contributed by atoms with Gasteiger partial charge in [0.25, 0.3) is 0 Å². The summed E-state index contributed by atoms with van der Waals surface area (Å²) in [5.41, 5.74) is 7.03. The van der Waals surface area contributed by atoms with E-state index in [0.29, 0.717) is 6.42 Å². The molecule has 0 radical (unpaired) electrons. The molecule has 0 heterocycles. The van der Waals surface area contributed by atoms with E-state index in [1.54, 1.807) is 6.21 Å². The van der Waals surface area contributed by atoms with Gasteiger partial charge >= 0.3 is 0 Å². The van der Waals surface area contributed by atoms with Gasteiger partial charge in [0.05, 0.1) is 12.6 Å². The second-order valence-corrected chi connectivity index (χ2v) is 7.78. The SMILES string of the molecule is Cc1ccc(/C=N\NC(=O)Cc2ccc(C(C)(C)C)cc2)cc1Br. The van der Waals surface area contributed by atoms with Crippen molar-refractivity contribution in [3.63, 3.8) is 0 Å². The van der Waals surface area contributed by atoms with E-state index in [9.17, 15) is 4.79 Å². The van der Waals surface area contributed by atoms with E-state index in [4.69, 9.17) is 0 Å². The van der Waals surface area contributed by atoms with Gasteiger partial charge < -0.3 is 0 Å². The van der Waals surface area contributed by atoms with E-state index in [2.05, 4.69) is 59.4 Å². The second-order valence-electron chi connectivity index (χ2n) is 6.93. The summed E-state index contributed by atoms with van der Waals surface area (Å²) in [6.45, 7) is 8.55. The van der Waals surface area contributed by atoms with Crippen molar-refractivity contribution in [1.82, 2.24) is 5.43 Å². The molecule has 126 valence electrons. The van der Waals surface area contributed by atoms with Gasteiger partial charge in [0.15, 0.2) is 0 Å². The fraction of sp³-hybridized carbons (Fsp3) is 0.300. The maximum atomic E-state index is 12.0. The normalized spacial score (nSPS) is 11.7. The van der Waals surface area contributed by atoms with E-state index in [0.717, 1.165) is 21.2 Å². The smallest absolute Gasteiger partial charge is 0.244 e. The summed E-state index contributed by atoms with van der Waals surface area (Å²) in [7, 11) is 0. The van der Waals surface area contributed by atoms with E-state index < -0.39 is 0 Å². The third-order valence-corrected chi connectivity index (χ3v) is 4.64. The summed E-state index contributed by atoms with van der Waals surface area (Å²) in [5.74, 6) is -0.124. The molecule has 0 saturated carbocycles. The van der Waals surface area contributed by atoms with Crippen LogP contribution in [0.4, 0.5) is 0 Å². The van der Waals surface area contributed by atoms with Crippen molar-refractivity contribution in [2.75, 3.05) is 0 Å². The summed E-state index contributed by atoms with van der Waals surface area (Å²) < 4.78 is 1.02. The Balaban J connectivity index is 1.91. The maximum absolute atomic E-state index is 12.0. The molecule has 2 aromatic rings. The van der Waals surface area contributed by atoms with Crippen molar-refractivity contribution in [2.24, 2.45) is 5.10 Å². The van der Waals surface area contributed by atoms with E-state index in [-0.39, 0.29) is 11.3 Å². The fourth-order valence-corrected chi connectivity index (χ4v) is 2.61. The minimum atomic E-state index is -0.124. The Bertz CT molecular complexity index is 743. The van der Waals surface area contributed by atoms with Gasteiger partial charge in [-0.1, -0.05) is 73.1 Å². The number of amides is 1. The van der Waals surface area contributed by atoms with E-state index in [1.165, 1.54) is 5.56 Å². The van der Waals surface area contributed by atoms with Gasteiger partial charge in [0.1, 0.15) is 0 Å². The predicted octanol–water partition coefficient (Wildman–Crippen LogP) is 4.75. The number of nitrogens with one attached hydrogen (secondary N) is 1. The summed E-state index contributed by atoms with van der Waals surface area (Å²) in [6, 6.07) is 14.1. The minimum Gasteiger partial charge on any atom is -0.273 e. The number of hydrogen-bond donors (Lipinski definition) is 1. The first-order valence-corrected chi connectivity index (χ1v) is 8.72. The highest BCUT2D eigenvalue weighted by atomic mass is 79.9. The highest BCUT2D eigenvalue weighted by Gasteiger charge is 2.13. The molecule has 0 bridgehead atoms. The minimum absolute atomic E-state index is 0.118. The fourth-order valence-electron chi connectivity index (χ4n) is 2.22. The van der Waals surface area contributed by atoms with Crippen molar-refractivity contribution in [3.8, 4) is 0 Å². The number of carbonyl (C=O) groups excluding carboxylic acids is 1. The molecule has 0 aliphatic rings. The van der Waals surface area contributed by atoms with Crippen LogP contribution in [0.5, 0.6) is 0 Å². The van der Waals surface area contributed by atoms with Crippen LogP contribution in [0.25, 0.3) is 0 Å². The third kappa shape index (κ3) is 5.31. The number of hydrazone groups is 1. The molecule has 2 rings (SSSR count). The van der Waals surface area contributed by atoms with Crippen LogP contribution >= 0.6 is 15.9 Å². The van der Waals surface area contributed by atoms with E-state index >= 15 is 0 Å². The molecular formula is C20H23BrN2O. The first-order valence-electron chi connectivity index (χ1n) is 7.93. The van der Waals surface area contributed by atoms with Gasteiger partial charge in [-0.15, -0.1) is 0 Å². The Labute approximate surface area is 152 Å². The Kier molecular flexibility index (Phi) is 5.94. The van der Waals surface area contributed by atoms with Gasteiger partial charge in [-0.3, -0.25) is 4.79 Å². The highest BCUT2D eigenvalue weighted by molar-refractivity contribution is 9.10. The molecule has 0 aliphatic heterocycles. The van der Waals surface area contributed by atoms with Crippen LogP contribution in [-0.4, -0.2) is 12.1 Å². The van der Waals surface area contributed by atoms with Crippen molar-refractivity contribution in [1.29, 1.82) is 0 Å². The molecule has 0 spiro atoms. The topological polar surface area (TPSA) is 41.5 Å². The Morgan fingerprint density at radius 3 is 2.42 bits per heavy atom. The van der Waals surface area contributed by atoms with Crippen LogP contribution in [0.1, 0.15) is 43.0 Å². The van der Waals surface area contributed by atoms with Gasteiger partial charge in [-0.25, -0.2) is 5.43 Å². The average molecular weight is 387 g/mol. The summed E-state index contributed by atoms with van der Waals surface area (Å²) >= 11 is 3.48. The zero-order valence-electron chi connectivity index (χ0n) is 14.6. The summed E-state index contributed by atoms with van der Waals surface area (Å²) in [5, 5.41) is 4.02. The number of aryl methyl sites for hydroxylation is 1. The molecule has 24 heavy (non-hydrogen) atoms. The quantitative estimate of drug-likeness (QED) is 0.597. The third-order valence-electron chi connectivity index (χ3n) is 3.78. The van der Waals surface area contributed by atoms with Gasteiger partial charge in [-0.05, 0) is 40.7 Å². The molecule has 0 fully saturated rings. The molecule has 0 unspecified atom stereocenters. The van der Waals surface area contributed by atoms with Crippen molar-refractivity contribution in [2.45, 2.75) is 39.5 Å². The van der Waals surface area contributed by atoms with Crippen LogP contribution < -0.4 is 5.43 Å². The molecule has 0 atom stereocenters. The lowest BCUT2D eigenvalue weighted by Crippen LogP contribution is -2.20. The zero-order valence-corrected chi connectivity index (χ0v) is 16.1. The average Bonchev–Trinajstić information content (AvgIpc) is 2.50. The number of nitrogens with zero attached hydrogens (tertiary/aromatic N) is 1. The van der Waals surface area contributed by atoms with Crippen molar-refractivity contribution >= 4 is 28.1 Å². The molecule has 3 nitrogen and oxygen atoms in total. The van der Waals surface area contributed by atoms with Crippen molar-refractivity contribution < 1.29 is 4.79 Å². The number of halogens is 1. The van der Waals surface area contributed by atoms with Crippen LogP contribution in [0.15, 0.2) is 52.0 Å². The molecule has 0 aromatic heterocycles. The molecular weight excluding hydrogens is 364 g/mol. The molecule has 1 N–H and O–H groups in total. The van der Waals surface area contributed by atoms with Crippen LogP contribution in [0, 0.1) is 6.92 Å². The molecule has 2 aromatic carbocycles. The lowest BCUT2D eigenvalue weighted by Gasteiger charge is -2.19. The first kappa shape index (κ1) is 18.4. The monoisotopic (exact) mass is 386 g/mol. The van der Waals surface area contributed by atoms with Crippen molar-refractivity contribution in [3.05, 3.63) is 69.2 Å². The second kappa shape index (κ2) is 7.75. The number of benzene rings is 2. The zero-order chi connectivity index (χ0) is 17.7. The predicted molar refractivity (Wildman–Crippen MR) is 103 cm³/mol. The molecule has 1 amide bonds. The molecule has 4 heteroatoms. The number of carbonyl (C=O) groups is 1. The van der Waals surface area contributed by atoms with Crippen LogP contribution in [0.3, 0.4) is 0 Å². The van der Waals surface area contributed by atoms with E-state index in [1.807, 2.05) is 37.3 Å². The lowest BCUT2D eigenvalue weighted by atomic mass is 9.86. The van der Waals surface area contributed by atoms with Gasteiger partial charge in [0.2, 0.25) is 5.91 Å². The first-order chi connectivity index (χ1) is 11.3. The molecule has 0 aliphatic carbocycles. The summed E-state index contributed by atoms with van der Waals surface area (Å²) in [4.78, 5) is 12.0. The number of hydrogen-bond acceptors (Lipinski definition) is 2.